The number of rotatable bonds is 3. The first-order valence-corrected chi connectivity index (χ1v) is 7.42. The molecule has 2 aliphatic heterocycles. The maximum atomic E-state index is 12.4. The number of amides is 1. The van der Waals surface area contributed by atoms with Gasteiger partial charge in [-0.05, 0) is 44.7 Å². The number of aliphatic hydroxyl groups excluding tert-OH is 1. The first kappa shape index (κ1) is 13.8. The van der Waals surface area contributed by atoms with E-state index in [1.165, 1.54) is 6.42 Å². The van der Waals surface area contributed by atoms with Gasteiger partial charge in [0.05, 0.1) is 12.6 Å². The Morgan fingerprint density at radius 3 is 2.67 bits per heavy atom. The van der Waals surface area contributed by atoms with E-state index in [0.29, 0.717) is 12.3 Å². The molecule has 0 aliphatic carbocycles. The predicted molar refractivity (Wildman–Crippen MR) is 71.3 cm³/mol. The predicted octanol–water partition coefficient (Wildman–Crippen LogP) is 1.14. The van der Waals surface area contributed by atoms with Gasteiger partial charge in [0.2, 0.25) is 5.91 Å². The summed E-state index contributed by atoms with van der Waals surface area (Å²) in [6.45, 7) is 3.05. The van der Waals surface area contributed by atoms with Crippen molar-refractivity contribution in [1.82, 2.24) is 10.2 Å². The molecule has 0 radical (unpaired) electrons. The highest BCUT2D eigenvalue weighted by Crippen LogP contribution is 2.22. The number of likely N-dealkylation sites (tertiary alicyclic amines) is 1. The van der Waals surface area contributed by atoms with Crippen molar-refractivity contribution in [2.75, 3.05) is 26.2 Å². The van der Waals surface area contributed by atoms with Gasteiger partial charge in [0.15, 0.2) is 0 Å². The van der Waals surface area contributed by atoms with Crippen LogP contribution in [0.25, 0.3) is 0 Å². The molecule has 4 nitrogen and oxygen atoms in total. The quantitative estimate of drug-likeness (QED) is 0.794. The number of piperidine rings is 1. The van der Waals surface area contributed by atoms with Crippen LogP contribution in [0.5, 0.6) is 0 Å². The standard InChI is InChI=1S/C14H26N2O2/c17-11-13-4-2-1-3-9-16(13)14(18)10-12-5-7-15-8-6-12/h12-13,15,17H,1-11H2. The second-order valence-corrected chi connectivity index (χ2v) is 5.67. The third-order valence-electron chi connectivity index (χ3n) is 4.33. The van der Waals surface area contributed by atoms with E-state index in [0.717, 1.165) is 51.7 Å². The molecule has 2 N–H and O–H groups in total. The van der Waals surface area contributed by atoms with Gasteiger partial charge in [0.25, 0.3) is 0 Å². The van der Waals surface area contributed by atoms with E-state index in [1.54, 1.807) is 0 Å². The van der Waals surface area contributed by atoms with Crippen LogP contribution in [-0.4, -0.2) is 48.2 Å². The normalized spacial score (nSPS) is 26.9. The zero-order valence-corrected chi connectivity index (χ0v) is 11.2. The first-order chi connectivity index (χ1) is 8.81. The van der Waals surface area contributed by atoms with Gasteiger partial charge < -0.3 is 15.3 Å². The summed E-state index contributed by atoms with van der Waals surface area (Å²) >= 11 is 0. The number of nitrogens with one attached hydrogen (secondary N) is 1. The van der Waals surface area contributed by atoms with Gasteiger partial charge in [0.1, 0.15) is 0 Å². The average molecular weight is 254 g/mol. The zero-order valence-electron chi connectivity index (χ0n) is 11.2. The van der Waals surface area contributed by atoms with Crippen molar-refractivity contribution in [2.24, 2.45) is 5.92 Å². The molecule has 18 heavy (non-hydrogen) atoms. The summed E-state index contributed by atoms with van der Waals surface area (Å²) in [5.74, 6) is 0.809. The molecule has 0 aromatic heterocycles. The molecule has 0 aromatic carbocycles. The fraction of sp³-hybridized carbons (Fsp3) is 0.929. The van der Waals surface area contributed by atoms with Gasteiger partial charge in [-0.3, -0.25) is 4.79 Å². The minimum absolute atomic E-state index is 0.0710. The van der Waals surface area contributed by atoms with Crippen LogP contribution in [0.2, 0.25) is 0 Å². The lowest BCUT2D eigenvalue weighted by Crippen LogP contribution is -2.43. The maximum Gasteiger partial charge on any atom is 0.223 e. The second kappa shape index (κ2) is 7.10. The minimum Gasteiger partial charge on any atom is -0.394 e. The molecule has 1 amide bonds. The van der Waals surface area contributed by atoms with Gasteiger partial charge in [-0.25, -0.2) is 0 Å². The molecule has 1 unspecified atom stereocenters. The topological polar surface area (TPSA) is 52.6 Å². The number of nitrogens with zero attached hydrogens (tertiary/aromatic N) is 1. The van der Waals surface area contributed by atoms with Crippen molar-refractivity contribution >= 4 is 5.91 Å². The Bertz CT molecular complexity index is 265. The molecule has 2 heterocycles. The molecule has 2 rings (SSSR count). The van der Waals surface area contributed by atoms with Crippen molar-refractivity contribution < 1.29 is 9.90 Å². The smallest absolute Gasteiger partial charge is 0.223 e. The number of hydrogen-bond acceptors (Lipinski definition) is 3. The SMILES string of the molecule is O=C(CC1CCNCC1)N1CCCCCC1CO. The van der Waals surface area contributed by atoms with Gasteiger partial charge in [-0.2, -0.15) is 0 Å². The Balaban J connectivity index is 1.88. The molecular weight excluding hydrogens is 228 g/mol. The zero-order chi connectivity index (χ0) is 12.8. The van der Waals surface area contributed by atoms with Gasteiger partial charge in [-0.15, -0.1) is 0 Å². The van der Waals surface area contributed by atoms with Crippen molar-refractivity contribution in [3.8, 4) is 0 Å². The fourth-order valence-corrected chi connectivity index (χ4v) is 3.15. The molecule has 2 fully saturated rings. The third kappa shape index (κ3) is 3.69. The number of hydrogen-bond donors (Lipinski definition) is 2. The van der Waals surface area contributed by atoms with Crippen LogP contribution in [0, 0.1) is 5.92 Å². The van der Waals surface area contributed by atoms with Crippen LogP contribution in [-0.2, 0) is 4.79 Å². The highest BCUT2D eigenvalue weighted by atomic mass is 16.3. The summed E-state index contributed by atoms with van der Waals surface area (Å²) < 4.78 is 0. The second-order valence-electron chi connectivity index (χ2n) is 5.67. The molecule has 0 saturated carbocycles. The third-order valence-corrected chi connectivity index (χ3v) is 4.33. The summed E-state index contributed by atoms with van der Waals surface area (Å²) in [6, 6.07) is 0.0710. The Morgan fingerprint density at radius 1 is 1.17 bits per heavy atom. The first-order valence-electron chi connectivity index (χ1n) is 7.42. The molecule has 2 saturated heterocycles. The summed E-state index contributed by atoms with van der Waals surface area (Å²) in [7, 11) is 0. The van der Waals surface area contributed by atoms with Crippen LogP contribution >= 0.6 is 0 Å². The van der Waals surface area contributed by atoms with Crippen molar-refractivity contribution in [1.29, 1.82) is 0 Å². The summed E-state index contributed by atoms with van der Waals surface area (Å²) in [5, 5.41) is 12.8. The number of carbonyl (C=O) groups is 1. The Hall–Kier alpha value is -0.610. The van der Waals surface area contributed by atoms with Crippen LogP contribution in [0.1, 0.15) is 44.9 Å². The van der Waals surface area contributed by atoms with E-state index < -0.39 is 0 Å². The minimum atomic E-state index is 0.0710. The van der Waals surface area contributed by atoms with Crippen LogP contribution in [0.3, 0.4) is 0 Å². The Kier molecular flexibility index (Phi) is 5.45. The lowest BCUT2D eigenvalue weighted by molar-refractivity contribution is -0.135. The average Bonchev–Trinajstić information content (AvgIpc) is 2.64. The van der Waals surface area contributed by atoms with E-state index in [4.69, 9.17) is 0 Å². The van der Waals surface area contributed by atoms with Gasteiger partial charge in [0, 0.05) is 13.0 Å². The Morgan fingerprint density at radius 2 is 1.94 bits per heavy atom. The molecule has 0 bridgehead atoms. The fourth-order valence-electron chi connectivity index (χ4n) is 3.15. The molecule has 104 valence electrons. The number of aliphatic hydroxyl groups is 1. The maximum absolute atomic E-state index is 12.4. The van der Waals surface area contributed by atoms with E-state index in [9.17, 15) is 9.90 Å². The van der Waals surface area contributed by atoms with Crippen LogP contribution in [0.15, 0.2) is 0 Å². The summed E-state index contributed by atoms with van der Waals surface area (Å²) in [5.41, 5.74) is 0. The van der Waals surface area contributed by atoms with Crippen molar-refractivity contribution in [2.45, 2.75) is 51.0 Å². The molecule has 0 aromatic rings. The van der Waals surface area contributed by atoms with E-state index in [1.807, 2.05) is 4.90 Å². The molecule has 1 atom stereocenters. The van der Waals surface area contributed by atoms with E-state index in [-0.39, 0.29) is 18.6 Å². The monoisotopic (exact) mass is 254 g/mol. The van der Waals surface area contributed by atoms with Gasteiger partial charge >= 0.3 is 0 Å². The summed E-state index contributed by atoms with van der Waals surface area (Å²) in [6.07, 6.45) is 7.30. The molecule has 4 heteroatoms. The van der Waals surface area contributed by atoms with E-state index in [2.05, 4.69) is 5.32 Å². The molecule has 0 spiro atoms. The largest absolute Gasteiger partial charge is 0.394 e. The van der Waals surface area contributed by atoms with Crippen molar-refractivity contribution in [3.63, 3.8) is 0 Å². The number of carbonyl (C=O) groups excluding carboxylic acids is 1. The Labute approximate surface area is 110 Å². The highest BCUT2D eigenvalue weighted by Gasteiger charge is 2.27. The van der Waals surface area contributed by atoms with Crippen molar-refractivity contribution in [3.05, 3.63) is 0 Å². The lowest BCUT2D eigenvalue weighted by Gasteiger charge is -2.31. The van der Waals surface area contributed by atoms with Gasteiger partial charge in [-0.1, -0.05) is 12.8 Å². The molecule has 2 aliphatic rings. The van der Waals surface area contributed by atoms with Crippen LogP contribution in [0.4, 0.5) is 0 Å². The molecular formula is C14H26N2O2. The summed E-state index contributed by atoms with van der Waals surface area (Å²) in [4.78, 5) is 14.3. The van der Waals surface area contributed by atoms with Crippen LogP contribution < -0.4 is 5.32 Å². The van der Waals surface area contributed by atoms with E-state index >= 15 is 0 Å². The lowest BCUT2D eigenvalue weighted by atomic mass is 9.94. The highest BCUT2D eigenvalue weighted by molar-refractivity contribution is 5.76.